The molecule has 7 nitrogen and oxygen atoms in total. The van der Waals surface area contributed by atoms with Crippen LogP contribution in [-0.2, 0) is 11.3 Å². The van der Waals surface area contributed by atoms with E-state index < -0.39 is 5.54 Å². The molecule has 1 saturated carbocycles. The Morgan fingerprint density at radius 3 is 2.66 bits per heavy atom. The molecular formula is C25H38N4O3. The van der Waals surface area contributed by atoms with E-state index in [0.717, 1.165) is 63.2 Å². The number of hydrogen-bond donors (Lipinski definition) is 1. The van der Waals surface area contributed by atoms with E-state index in [1.165, 1.54) is 0 Å². The maximum absolute atomic E-state index is 13.7. The zero-order chi connectivity index (χ0) is 22.9. The second kappa shape index (κ2) is 9.30. The molecule has 176 valence electrons. The topological polar surface area (TPSA) is 70.7 Å². The fourth-order valence-electron chi connectivity index (χ4n) is 5.36. The normalized spacial score (nSPS) is 26.0. The van der Waals surface area contributed by atoms with E-state index in [1.54, 1.807) is 6.26 Å². The van der Waals surface area contributed by atoms with E-state index in [9.17, 15) is 9.59 Å². The van der Waals surface area contributed by atoms with E-state index >= 15 is 0 Å². The van der Waals surface area contributed by atoms with Crippen LogP contribution in [0.4, 0.5) is 0 Å². The molecule has 0 bridgehead atoms. The molecule has 0 aromatic carbocycles. The zero-order valence-electron chi connectivity index (χ0n) is 20.0. The van der Waals surface area contributed by atoms with Gasteiger partial charge in [0.2, 0.25) is 5.91 Å². The molecule has 4 rings (SSSR count). The summed E-state index contributed by atoms with van der Waals surface area (Å²) in [5.74, 6) is 0.602. The van der Waals surface area contributed by atoms with Crippen molar-refractivity contribution in [3.63, 3.8) is 0 Å². The first-order chi connectivity index (χ1) is 15.4. The minimum Gasteiger partial charge on any atom is -0.463 e. The average Bonchev–Trinajstić information content (AvgIpc) is 3.37. The lowest BCUT2D eigenvalue weighted by Gasteiger charge is -2.45. The second-order valence-corrected chi connectivity index (χ2v) is 9.83. The molecule has 0 radical (unpaired) electrons. The molecule has 2 aromatic rings. The van der Waals surface area contributed by atoms with Crippen molar-refractivity contribution in [2.24, 2.45) is 5.92 Å². The van der Waals surface area contributed by atoms with Gasteiger partial charge in [0.05, 0.1) is 18.3 Å². The van der Waals surface area contributed by atoms with Crippen LogP contribution in [0.15, 0.2) is 22.8 Å². The summed E-state index contributed by atoms with van der Waals surface area (Å²) in [6.07, 6.45) is 6.80. The van der Waals surface area contributed by atoms with Crippen molar-refractivity contribution in [3.05, 3.63) is 24.1 Å². The predicted molar refractivity (Wildman–Crippen MR) is 126 cm³/mol. The highest BCUT2D eigenvalue weighted by Gasteiger charge is 2.48. The van der Waals surface area contributed by atoms with Gasteiger partial charge in [-0.2, -0.15) is 0 Å². The number of nitrogens with zero attached hydrogens (tertiary/aromatic N) is 3. The summed E-state index contributed by atoms with van der Waals surface area (Å²) in [7, 11) is 0. The Labute approximate surface area is 191 Å². The Bertz CT molecular complexity index is 952. The molecule has 1 aliphatic heterocycles. The predicted octanol–water partition coefficient (Wildman–Crippen LogP) is 3.88. The van der Waals surface area contributed by atoms with Gasteiger partial charge < -0.3 is 24.1 Å². The maximum atomic E-state index is 13.7. The van der Waals surface area contributed by atoms with Gasteiger partial charge >= 0.3 is 0 Å². The molecule has 2 aromatic heterocycles. The van der Waals surface area contributed by atoms with E-state index in [4.69, 9.17) is 4.42 Å². The molecule has 1 aliphatic carbocycles. The van der Waals surface area contributed by atoms with Crippen molar-refractivity contribution in [1.82, 2.24) is 19.7 Å². The lowest BCUT2D eigenvalue weighted by molar-refractivity contribution is -0.133. The summed E-state index contributed by atoms with van der Waals surface area (Å²) < 4.78 is 7.52. The molecule has 1 N–H and O–H groups in total. The van der Waals surface area contributed by atoms with Crippen LogP contribution in [0.2, 0.25) is 0 Å². The molecule has 0 spiro atoms. The van der Waals surface area contributed by atoms with Crippen LogP contribution in [-0.4, -0.2) is 63.9 Å². The summed E-state index contributed by atoms with van der Waals surface area (Å²) in [5, 5.41) is 3.31. The van der Waals surface area contributed by atoms with Crippen LogP contribution in [0.5, 0.6) is 0 Å². The summed E-state index contributed by atoms with van der Waals surface area (Å²) in [5.41, 5.74) is 1.25. The van der Waals surface area contributed by atoms with Crippen molar-refractivity contribution in [2.45, 2.75) is 77.9 Å². The highest BCUT2D eigenvalue weighted by molar-refractivity contribution is 6.02. The largest absolute Gasteiger partial charge is 0.463 e. The molecule has 0 saturated heterocycles. The molecular weight excluding hydrogens is 404 g/mol. The third-order valence-electron chi connectivity index (χ3n) is 7.64. The summed E-state index contributed by atoms with van der Waals surface area (Å²) in [6, 6.07) is 3.89. The summed E-state index contributed by atoms with van der Waals surface area (Å²) in [4.78, 5) is 31.5. The average molecular weight is 443 g/mol. The fourth-order valence-corrected chi connectivity index (χ4v) is 5.36. The Hall–Kier alpha value is -2.28. The van der Waals surface area contributed by atoms with Crippen LogP contribution in [0.1, 0.15) is 70.3 Å². The molecule has 2 aliphatic rings. The number of carbonyl (C=O) groups is 2. The molecule has 7 heteroatoms. The lowest BCUT2D eigenvalue weighted by atomic mass is 9.86. The van der Waals surface area contributed by atoms with Crippen molar-refractivity contribution in [2.75, 3.05) is 26.2 Å². The molecule has 2 amide bonds. The van der Waals surface area contributed by atoms with Crippen LogP contribution in [0.3, 0.4) is 0 Å². The molecule has 3 heterocycles. The highest BCUT2D eigenvalue weighted by Crippen LogP contribution is 2.33. The molecule has 0 unspecified atom stereocenters. The third-order valence-corrected chi connectivity index (χ3v) is 7.64. The van der Waals surface area contributed by atoms with Crippen molar-refractivity contribution < 1.29 is 14.0 Å². The number of amides is 2. The van der Waals surface area contributed by atoms with E-state index in [-0.39, 0.29) is 17.9 Å². The van der Waals surface area contributed by atoms with Gasteiger partial charge in [-0.25, -0.2) is 0 Å². The number of rotatable bonds is 8. The SMILES string of the molecule is CCN(CC)CCCN1C(=O)c2cc3occc3n2C[C@]1(C)C(=O)NC1CCC(C)CC1. The van der Waals surface area contributed by atoms with E-state index in [0.29, 0.717) is 24.4 Å². The standard InChI is InChI=1S/C25H38N4O3/c1-5-27(6-2)13-7-14-29-23(30)21-16-22-20(12-15-32-22)28(21)17-25(29,4)24(31)26-19-10-8-18(3)9-11-19/h12,15-16,18-19H,5-11,13-14,17H2,1-4H3,(H,26,31)/t18?,19?,25-/m1/s1. The van der Waals surface area contributed by atoms with Gasteiger partial charge in [-0.1, -0.05) is 20.8 Å². The monoisotopic (exact) mass is 442 g/mol. The number of fused-ring (bicyclic) bond motifs is 3. The van der Waals surface area contributed by atoms with Gasteiger partial charge in [-0.05, 0) is 64.6 Å². The molecule has 32 heavy (non-hydrogen) atoms. The Morgan fingerprint density at radius 2 is 1.97 bits per heavy atom. The summed E-state index contributed by atoms with van der Waals surface area (Å²) >= 11 is 0. The number of aromatic nitrogens is 1. The Morgan fingerprint density at radius 1 is 1.25 bits per heavy atom. The maximum Gasteiger partial charge on any atom is 0.271 e. The van der Waals surface area contributed by atoms with Crippen molar-refractivity contribution in [3.8, 4) is 0 Å². The van der Waals surface area contributed by atoms with Gasteiger partial charge in [0.15, 0.2) is 5.58 Å². The van der Waals surface area contributed by atoms with Crippen LogP contribution in [0.25, 0.3) is 11.1 Å². The lowest BCUT2D eigenvalue weighted by Crippen LogP contribution is -2.65. The smallest absolute Gasteiger partial charge is 0.271 e. The first-order valence-electron chi connectivity index (χ1n) is 12.3. The molecule has 1 fully saturated rings. The first kappa shape index (κ1) is 22.9. The van der Waals surface area contributed by atoms with Gasteiger partial charge in [0, 0.05) is 24.7 Å². The number of nitrogens with one attached hydrogen (secondary N) is 1. The fraction of sp³-hybridized carbons (Fsp3) is 0.680. The first-order valence-corrected chi connectivity index (χ1v) is 12.3. The Balaban J connectivity index is 1.59. The number of furan rings is 1. The quantitative estimate of drug-likeness (QED) is 0.674. The van der Waals surface area contributed by atoms with Gasteiger partial charge in [-0.3, -0.25) is 9.59 Å². The highest BCUT2D eigenvalue weighted by atomic mass is 16.3. The van der Waals surface area contributed by atoms with E-state index in [2.05, 4.69) is 31.0 Å². The van der Waals surface area contributed by atoms with Crippen LogP contribution in [0, 0.1) is 5.92 Å². The Kier molecular flexibility index (Phi) is 6.65. The summed E-state index contributed by atoms with van der Waals surface area (Å²) in [6.45, 7) is 12.4. The van der Waals surface area contributed by atoms with Crippen LogP contribution >= 0.6 is 0 Å². The molecule has 1 atom stereocenters. The van der Waals surface area contributed by atoms with Gasteiger partial charge in [-0.15, -0.1) is 0 Å². The zero-order valence-corrected chi connectivity index (χ0v) is 20.0. The second-order valence-electron chi connectivity index (χ2n) is 9.83. The van der Waals surface area contributed by atoms with E-state index in [1.807, 2.05) is 28.5 Å². The van der Waals surface area contributed by atoms with Gasteiger partial charge in [0.25, 0.3) is 5.91 Å². The van der Waals surface area contributed by atoms with Crippen molar-refractivity contribution in [1.29, 1.82) is 0 Å². The van der Waals surface area contributed by atoms with Crippen LogP contribution < -0.4 is 5.32 Å². The number of hydrogen-bond acceptors (Lipinski definition) is 4. The van der Waals surface area contributed by atoms with Gasteiger partial charge in [0.1, 0.15) is 11.2 Å². The minimum absolute atomic E-state index is 0.0377. The minimum atomic E-state index is -0.931. The number of carbonyl (C=O) groups excluding carboxylic acids is 2. The van der Waals surface area contributed by atoms with Crippen molar-refractivity contribution >= 4 is 22.9 Å². The third kappa shape index (κ3) is 4.19.